The van der Waals surface area contributed by atoms with E-state index in [0.717, 1.165) is 29.0 Å². The van der Waals surface area contributed by atoms with Gasteiger partial charge in [0.25, 0.3) is 0 Å². The number of rotatable bonds is 8. The first kappa shape index (κ1) is 19.2. The van der Waals surface area contributed by atoms with Crippen LogP contribution in [0.1, 0.15) is 44.7 Å². The number of ketones is 1. The lowest BCUT2D eigenvalue weighted by Crippen LogP contribution is -1.97. The average molecular weight is 358 g/mol. The molecule has 0 aliphatic heterocycles. The molecule has 3 nitrogen and oxygen atoms in total. The van der Waals surface area contributed by atoms with Crippen LogP contribution in [0.15, 0.2) is 42.6 Å². The quantitative estimate of drug-likeness (QED) is 0.572. The van der Waals surface area contributed by atoms with Crippen molar-refractivity contribution in [2.75, 3.05) is 0 Å². The maximum atomic E-state index is 11.1. The van der Waals surface area contributed by atoms with Gasteiger partial charge in [0.2, 0.25) is 5.88 Å². The van der Waals surface area contributed by atoms with Crippen molar-refractivity contribution in [3.05, 3.63) is 58.8 Å². The summed E-state index contributed by atoms with van der Waals surface area (Å²) in [6, 6.07) is 9.49. The summed E-state index contributed by atoms with van der Waals surface area (Å²) >= 11 is 6.27. The molecule has 2 rings (SSSR count). The molecule has 25 heavy (non-hydrogen) atoms. The van der Waals surface area contributed by atoms with E-state index in [9.17, 15) is 4.79 Å². The average Bonchev–Trinajstić information content (AvgIpc) is 2.56. The smallest absolute Gasteiger partial charge is 0.219 e. The van der Waals surface area contributed by atoms with Crippen LogP contribution in [0.3, 0.4) is 0 Å². The van der Waals surface area contributed by atoms with Gasteiger partial charge in [0.1, 0.15) is 11.5 Å². The van der Waals surface area contributed by atoms with Crippen LogP contribution >= 0.6 is 11.6 Å². The van der Waals surface area contributed by atoms with Crippen molar-refractivity contribution in [1.82, 2.24) is 4.98 Å². The molecule has 0 unspecified atom stereocenters. The largest absolute Gasteiger partial charge is 0.439 e. The van der Waals surface area contributed by atoms with Gasteiger partial charge in [-0.05, 0) is 48.6 Å². The van der Waals surface area contributed by atoms with Crippen molar-refractivity contribution in [1.29, 1.82) is 0 Å². The lowest BCUT2D eigenvalue weighted by Gasteiger charge is -2.08. The lowest BCUT2D eigenvalue weighted by atomic mass is 10.0. The summed E-state index contributed by atoms with van der Waals surface area (Å²) in [4.78, 5) is 15.4. The summed E-state index contributed by atoms with van der Waals surface area (Å²) in [7, 11) is 0. The first-order valence-electron chi connectivity index (χ1n) is 8.58. The molecule has 132 valence electrons. The molecule has 0 saturated carbocycles. The molecule has 0 aliphatic carbocycles. The van der Waals surface area contributed by atoms with E-state index in [1.54, 1.807) is 13.1 Å². The number of halogens is 1. The molecule has 0 bridgehead atoms. The number of allylic oxidation sites excluding steroid dienone is 1. The molecule has 1 aromatic carbocycles. The SMILES string of the molecule is CCCc1ccc(Oc2ccc(/C=C/[C@H](C)CC(C)=O)cn2)cc1Cl. The minimum atomic E-state index is 0.197. The molecule has 0 spiro atoms. The summed E-state index contributed by atoms with van der Waals surface area (Å²) in [6.45, 7) is 5.76. The molecular formula is C21H24ClNO2. The molecule has 1 aromatic heterocycles. The van der Waals surface area contributed by atoms with Gasteiger partial charge < -0.3 is 9.53 Å². The highest BCUT2D eigenvalue weighted by Gasteiger charge is 2.04. The number of pyridine rings is 1. The third-order valence-electron chi connectivity index (χ3n) is 3.75. The van der Waals surface area contributed by atoms with Gasteiger partial charge in [-0.2, -0.15) is 0 Å². The van der Waals surface area contributed by atoms with Crippen molar-refractivity contribution in [3.8, 4) is 11.6 Å². The van der Waals surface area contributed by atoms with Crippen molar-refractivity contribution in [2.24, 2.45) is 5.92 Å². The second-order valence-electron chi connectivity index (χ2n) is 6.28. The highest BCUT2D eigenvalue weighted by atomic mass is 35.5. The summed E-state index contributed by atoms with van der Waals surface area (Å²) in [5.74, 6) is 1.61. The zero-order chi connectivity index (χ0) is 18.2. The second-order valence-corrected chi connectivity index (χ2v) is 6.68. The van der Waals surface area contributed by atoms with Crippen molar-refractivity contribution >= 4 is 23.5 Å². The van der Waals surface area contributed by atoms with Gasteiger partial charge in [-0.25, -0.2) is 4.98 Å². The summed E-state index contributed by atoms with van der Waals surface area (Å²) in [6.07, 6.45) is 8.31. The molecular weight excluding hydrogens is 334 g/mol. The van der Waals surface area contributed by atoms with Crippen LogP contribution in [0.2, 0.25) is 5.02 Å². The van der Waals surface area contributed by atoms with E-state index >= 15 is 0 Å². The zero-order valence-electron chi connectivity index (χ0n) is 15.0. The minimum absolute atomic E-state index is 0.197. The zero-order valence-corrected chi connectivity index (χ0v) is 15.7. The number of nitrogens with zero attached hydrogens (tertiary/aromatic N) is 1. The van der Waals surface area contributed by atoms with E-state index < -0.39 is 0 Å². The highest BCUT2D eigenvalue weighted by molar-refractivity contribution is 6.31. The van der Waals surface area contributed by atoms with Gasteiger partial charge in [-0.1, -0.05) is 50.1 Å². The molecule has 0 fully saturated rings. The Bertz CT molecular complexity index is 738. The summed E-state index contributed by atoms with van der Waals surface area (Å²) < 4.78 is 5.76. The van der Waals surface area contributed by atoms with Gasteiger partial charge in [0, 0.05) is 23.7 Å². The van der Waals surface area contributed by atoms with Gasteiger partial charge in [0.15, 0.2) is 0 Å². The van der Waals surface area contributed by atoms with Crippen LogP contribution in [0.5, 0.6) is 11.6 Å². The topological polar surface area (TPSA) is 39.2 Å². The monoisotopic (exact) mass is 357 g/mol. The van der Waals surface area contributed by atoms with E-state index in [-0.39, 0.29) is 11.7 Å². The molecule has 0 amide bonds. The van der Waals surface area contributed by atoms with Crippen LogP contribution in [-0.2, 0) is 11.2 Å². The Morgan fingerprint density at radius 1 is 1.32 bits per heavy atom. The molecule has 0 N–H and O–H groups in total. The lowest BCUT2D eigenvalue weighted by molar-refractivity contribution is -0.117. The van der Waals surface area contributed by atoms with E-state index in [1.165, 1.54) is 0 Å². The fraction of sp³-hybridized carbons (Fsp3) is 0.333. The maximum Gasteiger partial charge on any atom is 0.219 e. The first-order chi connectivity index (χ1) is 12.0. The number of aryl methyl sites for hydroxylation is 1. The summed E-state index contributed by atoms with van der Waals surface area (Å²) in [5.41, 5.74) is 2.10. The molecule has 0 aliphatic rings. The van der Waals surface area contributed by atoms with E-state index in [2.05, 4.69) is 11.9 Å². The predicted octanol–water partition coefficient (Wildman–Crippen LogP) is 6.11. The van der Waals surface area contributed by atoms with Gasteiger partial charge >= 0.3 is 0 Å². The Kier molecular flexibility index (Phi) is 7.20. The van der Waals surface area contributed by atoms with Crippen molar-refractivity contribution in [3.63, 3.8) is 0 Å². The number of Topliss-reactive ketones (excluding diaryl/α,β-unsaturated/α-hetero) is 1. The third-order valence-corrected chi connectivity index (χ3v) is 4.10. The third kappa shape index (κ3) is 6.35. The Morgan fingerprint density at radius 2 is 2.12 bits per heavy atom. The number of ether oxygens (including phenoxy) is 1. The Hall–Kier alpha value is -2.13. The number of carbonyl (C=O) groups is 1. The van der Waals surface area contributed by atoms with Crippen LogP contribution in [0.4, 0.5) is 0 Å². The van der Waals surface area contributed by atoms with E-state index in [0.29, 0.717) is 18.1 Å². The fourth-order valence-corrected chi connectivity index (χ4v) is 2.80. The highest BCUT2D eigenvalue weighted by Crippen LogP contribution is 2.26. The Balaban J connectivity index is 1.99. The first-order valence-corrected chi connectivity index (χ1v) is 8.95. The number of aromatic nitrogens is 1. The standard InChI is InChI=1S/C21H24ClNO2/c1-4-5-18-9-10-19(13-20(18)22)25-21-11-8-17(14-23-21)7-6-15(2)12-16(3)24/h6-11,13-15H,4-5,12H2,1-3H3/b7-6+/t15-/m0/s1. The Morgan fingerprint density at radius 3 is 2.72 bits per heavy atom. The van der Waals surface area contributed by atoms with Crippen LogP contribution in [0, 0.1) is 5.92 Å². The predicted molar refractivity (Wildman–Crippen MR) is 103 cm³/mol. The summed E-state index contributed by atoms with van der Waals surface area (Å²) in [5, 5.41) is 0.721. The molecule has 0 saturated heterocycles. The number of hydrogen-bond acceptors (Lipinski definition) is 3. The van der Waals surface area contributed by atoms with Crippen LogP contribution < -0.4 is 4.74 Å². The van der Waals surface area contributed by atoms with Crippen molar-refractivity contribution in [2.45, 2.75) is 40.0 Å². The van der Waals surface area contributed by atoms with Crippen LogP contribution in [-0.4, -0.2) is 10.8 Å². The number of hydrogen-bond donors (Lipinski definition) is 0. The van der Waals surface area contributed by atoms with E-state index in [1.807, 2.05) is 49.4 Å². The molecule has 1 atom stereocenters. The normalized spacial score (nSPS) is 12.3. The number of benzene rings is 1. The second kappa shape index (κ2) is 9.38. The van der Waals surface area contributed by atoms with Gasteiger partial charge in [-0.3, -0.25) is 0 Å². The van der Waals surface area contributed by atoms with Gasteiger partial charge in [-0.15, -0.1) is 0 Å². The molecule has 4 heteroatoms. The fourth-order valence-electron chi connectivity index (χ4n) is 2.53. The van der Waals surface area contributed by atoms with Crippen molar-refractivity contribution < 1.29 is 9.53 Å². The minimum Gasteiger partial charge on any atom is -0.439 e. The molecule has 1 heterocycles. The van der Waals surface area contributed by atoms with Crippen LogP contribution in [0.25, 0.3) is 6.08 Å². The van der Waals surface area contributed by atoms with E-state index in [4.69, 9.17) is 16.3 Å². The number of carbonyl (C=O) groups excluding carboxylic acids is 1. The van der Waals surface area contributed by atoms with Gasteiger partial charge in [0.05, 0.1) is 0 Å². The molecule has 0 radical (unpaired) electrons. The maximum absolute atomic E-state index is 11.1. The Labute approximate surface area is 154 Å². The molecule has 2 aromatic rings.